The van der Waals surface area contributed by atoms with Crippen LogP contribution in [0.4, 0.5) is 11.6 Å². The van der Waals surface area contributed by atoms with E-state index >= 15 is 0 Å². The topological polar surface area (TPSA) is 205 Å². The van der Waals surface area contributed by atoms with Gasteiger partial charge in [-0.15, -0.1) is 24.8 Å². The first-order chi connectivity index (χ1) is 14.3. The van der Waals surface area contributed by atoms with Crippen LogP contribution in [0.5, 0.6) is 0 Å². The number of carbonyl (C=O) groups is 1. The van der Waals surface area contributed by atoms with Gasteiger partial charge in [-0.1, -0.05) is 56.5 Å². The Kier molecular flexibility index (Phi) is 18.3. The van der Waals surface area contributed by atoms with Gasteiger partial charge in [0, 0.05) is 13.1 Å². The first-order valence-corrected chi connectivity index (χ1v) is 10.5. The van der Waals surface area contributed by atoms with Crippen LogP contribution in [0.15, 0.2) is 0 Å². The predicted octanol–water partition coefficient (Wildman–Crippen LogP) is 2.39. The average Bonchev–Trinajstić information content (AvgIpc) is 2.67. The molecule has 0 bridgehead atoms. The van der Waals surface area contributed by atoms with Crippen LogP contribution in [0, 0.1) is 10.8 Å². The Labute approximate surface area is 206 Å². The third-order valence-electron chi connectivity index (χ3n) is 4.33. The van der Waals surface area contributed by atoms with Crippen LogP contribution in [0.2, 0.25) is 5.15 Å². The van der Waals surface area contributed by atoms with Gasteiger partial charge in [-0.3, -0.25) is 20.9 Å². The standard InChI is InChI=1S/C18H33ClN10O.2ClH/c19-13-15(21)28-14(20)12(27-13)16(30)29-18(24)26-11-9-7-5-3-1-2-4-6-8-10-25-17(22)23;;/h1-11H2,(H4,20,21,28)(H4,22,23,25)(H3,24,26,29,30);2*1H. The van der Waals surface area contributed by atoms with Crippen molar-refractivity contribution < 1.29 is 4.79 Å². The molecule has 32 heavy (non-hydrogen) atoms. The highest BCUT2D eigenvalue weighted by Crippen LogP contribution is 2.17. The summed E-state index contributed by atoms with van der Waals surface area (Å²) in [7, 11) is 0. The molecule has 0 atom stereocenters. The number of hydrogen-bond donors (Lipinski definition) is 8. The van der Waals surface area contributed by atoms with Crippen LogP contribution in [0.3, 0.4) is 0 Å². The van der Waals surface area contributed by atoms with Gasteiger partial charge < -0.3 is 27.8 Å². The van der Waals surface area contributed by atoms with E-state index in [0.29, 0.717) is 6.54 Å². The van der Waals surface area contributed by atoms with Gasteiger partial charge >= 0.3 is 0 Å². The van der Waals surface area contributed by atoms with Gasteiger partial charge in [0.05, 0.1) is 0 Å². The average molecular weight is 514 g/mol. The third kappa shape index (κ3) is 13.9. The molecule has 11 nitrogen and oxygen atoms in total. The maximum atomic E-state index is 12.1. The molecule has 0 aliphatic heterocycles. The zero-order valence-corrected chi connectivity index (χ0v) is 20.4. The molecule has 1 aromatic heterocycles. The molecule has 1 rings (SSSR count). The number of aromatic nitrogens is 2. The van der Waals surface area contributed by atoms with Gasteiger partial charge in [0.15, 0.2) is 34.4 Å². The summed E-state index contributed by atoms with van der Waals surface area (Å²) < 4.78 is 0. The fourth-order valence-electron chi connectivity index (χ4n) is 2.75. The number of unbranched alkanes of at least 4 members (excludes halogenated alkanes) is 8. The molecule has 0 fully saturated rings. The minimum Gasteiger partial charge on any atom is -0.382 e. The highest BCUT2D eigenvalue weighted by atomic mass is 35.5. The molecule has 0 spiro atoms. The monoisotopic (exact) mass is 512 g/mol. The predicted molar refractivity (Wildman–Crippen MR) is 135 cm³/mol. The summed E-state index contributed by atoms with van der Waals surface area (Å²) in [5, 5.41) is 22.7. The number of amides is 1. The SMILES string of the molecule is Cl.Cl.N=C(N)NCCCCCCCCCCCNC(=N)NC(=O)c1nc(Cl)c(N)nc1N. The zero-order chi connectivity index (χ0) is 22.4. The molecule has 1 heterocycles. The lowest BCUT2D eigenvalue weighted by atomic mass is 10.1. The lowest BCUT2D eigenvalue weighted by Crippen LogP contribution is -2.41. The molecule has 14 heteroatoms. The van der Waals surface area contributed by atoms with Crippen LogP contribution >= 0.6 is 36.4 Å². The van der Waals surface area contributed by atoms with E-state index in [0.717, 1.165) is 38.6 Å². The Balaban J connectivity index is 0. The number of nitrogen functional groups attached to an aromatic ring is 2. The van der Waals surface area contributed by atoms with Crippen molar-refractivity contribution in [2.24, 2.45) is 5.73 Å². The number of rotatable bonds is 13. The molecule has 0 aliphatic carbocycles. The lowest BCUT2D eigenvalue weighted by Gasteiger charge is -2.10. The summed E-state index contributed by atoms with van der Waals surface area (Å²) >= 11 is 5.75. The molecule has 0 saturated heterocycles. The summed E-state index contributed by atoms with van der Waals surface area (Å²) in [4.78, 5) is 19.6. The van der Waals surface area contributed by atoms with E-state index in [9.17, 15) is 4.79 Å². The second kappa shape index (κ2) is 18.3. The van der Waals surface area contributed by atoms with Crippen molar-refractivity contribution in [2.75, 3.05) is 24.6 Å². The molecule has 184 valence electrons. The molecule has 11 N–H and O–H groups in total. The molecule has 1 amide bonds. The third-order valence-corrected chi connectivity index (χ3v) is 4.61. The normalized spacial score (nSPS) is 9.78. The number of carbonyl (C=O) groups excluding carboxylic acids is 1. The molecule has 0 aliphatic rings. The summed E-state index contributed by atoms with van der Waals surface area (Å²) in [5.41, 5.74) is 16.1. The molecular formula is C18H35Cl3N10O. The number of nitrogens with one attached hydrogen (secondary N) is 5. The van der Waals surface area contributed by atoms with Crippen LogP contribution in [-0.2, 0) is 0 Å². The molecule has 0 radical (unpaired) electrons. The van der Waals surface area contributed by atoms with Crippen LogP contribution in [-0.4, -0.2) is 40.9 Å². The summed E-state index contributed by atoms with van der Waals surface area (Å²) in [6.45, 7) is 1.36. The maximum Gasteiger partial charge on any atom is 0.280 e. The first kappa shape index (κ1) is 31.9. The maximum absolute atomic E-state index is 12.1. The minimum atomic E-state index is -0.670. The van der Waals surface area contributed by atoms with Gasteiger partial charge in [-0.25, -0.2) is 9.97 Å². The summed E-state index contributed by atoms with van der Waals surface area (Å²) in [6.07, 6.45) is 10.1. The zero-order valence-electron chi connectivity index (χ0n) is 18.0. The Hall–Kier alpha value is -2.24. The Morgan fingerprint density at radius 2 is 1.28 bits per heavy atom. The van der Waals surface area contributed by atoms with Crippen molar-refractivity contribution >= 4 is 65.9 Å². The largest absolute Gasteiger partial charge is 0.382 e. The van der Waals surface area contributed by atoms with E-state index in [4.69, 9.17) is 39.6 Å². The van der Waals surface area contributed by atoms with E-state index in [1.165, 1.54) is 25.7 Å². The lowest BCUT2D eigenvalue weighted by molar-refractivity contribution is 0.0971. The van der Waals surface area contributed by atoms with E-state index < -0.39 is 5.91 Å². The van der Waals surface area contributed by atoms with E-state index in [2.05, 4.69) is 25.9 Å². The van der Waals surface area contributed by atoms with Gasteiger partial charge in [0.25, 0.3) is 5.91 Å². The number of nitrogens with two attached hydrogens (primary N) is 3. The quantitative estimate of drug-likeness (QED) is 0.111. The Morgan fingerprint density at radius 1 is 0.812 bits per heavy atom. The molecular weight excluding hydrogens is 479 g/mol. The minimum absolute atomic E-state index is 0. The Morgan fingerprint density at radius 3 is 1.78 bits per heavy atom. The van der Waals surface area contributed by atoms with E-state index in [1.54, 1.807) is 0 Å². The fraction of sp³-hybridized carbons (Fsp3) is 0.611. The highest BCUT2D eigenvalue weighted by molar-refractivity contribution is 6.31. The summed E-state index contributed by atoms with van der Waals surface area (Å²) in [6, 6.07) is 0. The van der Waals surface area contributed by atoms with Gasteiger partial charge in [-0.05, 0) is 12.8 Å². The number of hydrogen-bond acceptors (Lipinski definition) is 7. The number of halogens is 3. The molecule has 1 aromatic rings. The molecule has 0 unspecified atom stereocenters. The number of anilines is 2. The fourth-order valence-corrected chi connectivity index (χ4v) is 2.88. The van der Waals surface area contributed by atoms with Crippen molar-refractivity contribution in [3.05, 3.63) is 10.8 Å². The first-order valence-electron chi connectivity index (χ1n) is 10.1. The molecule has 0 saturated carbocycles. The summed E-state index contributed by atoms with van der Waals surface area (Å²) in [5.74, 6) is -0.964. The number of guanidine groups is 2. The van der Waals surface area contributed by atoms with Crippen LogP contribution in [0.25, 0.3) is 0 Å². The second-order valence-corrected chi connectivity index (χ2v) is 7.27. The van der Waals surface area contributed by atoms with Crippen LogP contribution < -0.4 is 33.2 Å². The van der Waals surface area contributed by atoms with Crippen molar-refractivity contribution in [1.82, 2.24) is 25.9 Å². The second-order valence-electron chi connectivity index (χ2n) is 6.91. The van der Waals surface area contributed by atoms with Crippen molar-refractivity contribution in [3.63, 3.8) is 0 Å². The van der Waals surface area contributed by atoms with E-state index in [-0.39, 0.29) is 59.2 Å². The van der Waals surface area contributed by atoms with Crippen molar-refractivity contribution in [3.8, 4) is 0 Å². The van der Waals surface area contributed by atoms with Crippen LogP contribution in [0.1, 0.15) is 68.3 Å². The van der Waals surface area contributed by atoms with Crippen molar-refractivity contribution in [1.29, 1.82) is 10.8 Å². The van der Waals surface area contributed by atoms with Crippen molar-refractivity contribution in [2.45, 2.75) is 57.8 Å². The van der Waals surface area contributed by atoms with E-state index in [1.807, 2.05) is 0 Å². The smallest absolute Gasteiger partial charge is 0.280 e. The van der Waals surface area contributed by atoms with Gasteiger partial charge in [0.1, 0.15) is 0 Å². The van der Waals surface area contributed by atoms with Gasteiger partial charge in [0.2, 0.25) is 0 Å². The van der Waals surface area contributed by atoms with Gasteiger partial charge in [-0.2, -0.15) is 0 Å². The number of nitrogens with zero attached hydrogens (tertiary/aromatic N) is 2. The highest BCUT2D eigenvalue weighted by Gasteiger charge is 2.16. The molecule has 0 aromatic carbocycles. The Bertz CT molecular complexity index is 720.